The van der Waals surface area contributed by atoms with Crippen molar-refractivity contribution < 1.29 is 14.3 Å². The second kappa shape index (κ2) is 8.58. The second-order valence-electron chi connectivity index (χ2n) is 5.74. The van der Waals surface area contributed by atoms with Crippen molar-refractivity contribution in [3.05, 3.63) is 53.0 Å². The standard InChI is InChI=1S/C19H18BrN3O3S/c1-21-19(22-13-4-3-5-15(10-13)26-2)27-16-11-17(24)23(18(16)25)14-8-6-12(20)7-9-14/h3-10,16H,11H2,1-2H3,(H,21,22)/t16-/m1/s1. The SMILES string of the molecule is CN=C(Nc1cccc(OC)c1)S[C@@H]1CC(=O)N(c2ccc(Br)cc2)C1=O. The van der Waals surface area contributed by atoms with E-state index >= 15 is 0 Å². The number of benzene rings is 2. The van der Waals surface area contributed by atoms with Crippen molar-refractivity contribution in [2.45, 2.75) is 11.7 Å². The minimum absolute atomic E-state index is 0.137. The van der Waals surface area contributed by atoms with Crippen LogP contribution in [0.15, 0.2) is 58.0 Å². The summed E-state index contributed by atoms with van der Waals surface area (Å²) >= 11 is 4.61. The van der Waals surface area contributed by atoms with E-state index in [4.69, 9.17) is 4.74 Å². The summed E-state index contributed by atoms with van der Waals surface area (Å²) in [6.45, 7) is 0. The Labute approximate surface area is 170 Å². The smallest absolute Gasteiger partial charge is 0.247 e. The van der Waals surface area contributed by atoms with E-state index in [0.29, 0.717) is 16.6 Å². The largest absolute Gasteiger partial charge is 0.497 e. The molecule has 1 aliphatic heterocycles. The molecule has 27 heavy (non-hydrogen) atoms. The molecule has 1 saturated heterocycles. The Balaban J connectivity index is 1.71. The lowest BCUT2D eigenvalue weighted by Crippen LogP contribution is -2.31. The number of hydrogen-bond acceptors (Lipinski definition) is 5. The number of thioether (sulfide) groups is 1. The average molecular weight is 448 g/mol. The molecule has 0 bridgehead atoms. The van der Waals surface area contributed by atoms with Gasteiger partial charge in [-0.2, -0.15) is 0 Å². The minimum Gasteiger partial charge on any atom is -0.497 e. The van der Waals surface area contributed by atoms with Gasteiger partial charge in [-0.25, -0.2) is 4.90 Å². The fourth-order valence-electron chi connectivity index (χ4n) is 2.65. The molecule has 0 saturated carbocycles. The summed E-state index contributed by atoms with van der Waals surface area (Å²) in [4.78, 5) is 30.6. The van der Waals surface area contributed by atoms with Crippen LogP contribution in [0.3, 0.4) is 0 Å². The van der Waals surface area contributed by atoms with Crippen molar-refractivity contribution in [1.82, 2.24) is 0 Å². The van der Waals surface area contributed by atoms with Gasteiger partial charge in [0.1, 0.15) is 11.0 Å². The predicted octanol–water partition coefficient (Wildman–Crippen LogP) is 3.92. The van der Waals surface area contributed by atoms with E-state index < -0.39 is 5.25 Å². The number of hydrogen-bond donors (Lipinski definition) is 1. The van der Waals surface area contributed by atoms with Crippen LogP contribution in [0.25, 0.3) is 0 Å². The maximum absolute atomic E-state index is 12.8. The Kier molecular flexibility index (Phi) is 6.18. The van der Waals surface area contributed by atoms with Gasteiger partial charge in [0, 0.05) is 29.7 Å². The first-order valence-electron chi connectivity index (χ1n) is 8.18. The number of carbonyl (C=O) groups is 2. The van der Waals surface area contributed by atoms with Crippen LogP contribution in [0.2, 0.25) is 0 Å². The second-order valence-corrected chi connectivity index (χ2v) is 7.85. The molecule has 1 heterocycles. The number of anilines is 2. The molecule has 0 radical (unpaired) electrons. The van der Waals surface area contributed by atoms with E-state index in [9.17, 15) is 9.59 Å². The molecular formula is C19H18BrN3O3S. The normalized spacial score (nSPS) is 17.4. The third-order valence-electron chi connectivity index (χ3n) is 3.97. The van der Waals surface area contributed by atoms with Gasteiger partial charge in [-0.05, 0) is 36.4 Å². The topological polar surface area (TPSA) is 71.0 Å². The van der Waals surface area contributed by atoms with Gasteiger partial charge in [0.05, 0.1) is 12.8 Å². The molecule has 2 amide bonds. The quantitative estimate of drug-likeness (QED) is 0.436. The Morgan fingerprint density at radius 2 is 2.00 bits per heavy atom. The fourth-order valence-corrected chi connectivity index (χ4v) is 3.90. The van der Waals surface area contributed by atoms with Gasteiger partial charge < -0.3 is 10.1 Å². The zero-order chi connectivity index (χ0) is 19.4. The highest BCUT2D eigenvalue weighted by molar-refractivity contribution is 9.10. The summed E-state index contributed by atoms with van der Waals surface area (Å²) in [6, 6.07) is 14.5. The maximum Gasteiger partial charge on any atom is 0.247 e. The molecule has 8 heteroatoms. The Bertz CT molecular complexity index is 886. The molecule has 1 atom stereocenters. The van der Waals surface area contributed by atoms with Crippen LogP contribution < -0.4 is 15.0 Å². The summed E-state index contributed by atoms with van der Waals surface area (Å²) in [7, 11) is 3.24. The zero-order valence-electron chi connectivity index (χ0n) is 14.8. The van der Waals surface area contributed by atoms with Crippen LogP contribution >= 0.6 is 27.7 Å². The van der Waals surface area contributed by atoms with Gasteiger partial charge in [0.15, 0.2) is 5.17 Å². The number of amidine groups is 1. The third-order valence-corrected chi connectivity index (χ3v) is 5.66. The van der Waals surface area contributed by atoms with Gasteiger partial charge >= 0.3 is 0 Å². The molecule has 3 rings (SSSR count). The van der Waals surface area contributed by atoms with Crippen molar-refractivity contribution in [2.24, 2.45) is 4.99 Å². The highest BCUT2D eigenvalue weighted by Gasteiger charge is 2.40. The lowest BCUT2D eigenvalue weighted by molar-refractivity contribution is -0.121. The van der Waals surface area contributed by atoms with Crippen molar-refractivity contribution in [3.63, 3.8) is 0 Å². The number of nitrogens with one attached hydrogen (secondary N) is 1. The van der Waals surface area contributed by atoms with E-state index in [-0.39, 0.29) is 18.2 Å². The van der Waals surface area contributed by atoms with Crippen LogP contribution in [0, 0.1) is 0 Å². The average Bonchev–Trinajstić information content (AvgIpc) is 2.95. The highest BCUT2D eigenvalue weighted by Crippen LogP contribution is 2.31. The summed E-state index contributed by atoms with van der Waals surface area (Å²) in [5.74, 6) is 0.270. The van der Waals surface area contributed by atoms with Crippen LogP contribution in [-0.4, -0.2) is 36.4 Å². The lowest BCUT2D eigenvalue weighted by atomic mass is 10.3. The van der Waals surface area contributed by atoms with Crippen molar-refractivity contribution in [2.75, 3.05) is 24.4 Å². The molecule has 0 aliphatic carbocycles. The molecule has 140 valence electrons. The number of rotatable bonds is 4. The first kappa shape index (κ1) is 19.4. The monoisotopic (exact) mass is 447 g/mol. The number of ether oxygens (including phenoxy) is 1. The van der Waals surface area contributed by atoms with Gasteiger partial charge in [-0.1, -0.05) is 33.8 Å². The van der Waals surface area contributed by atoms with E-state index in [1.54, 1.807) is 38.4 Å². The highest BCUT2D eigenvalue weighted by atomic mass is 79.9. The molecule has 0 spiro atoms. The minimum atomic E-state index is -0.516. The third kappa shape index (κ3) is 4.51. The van der Waals surface area contributed by atoms with Gasteiger partial charge in [0.25, 0.3) is 0 Å². The maximum atomic E-state index is 12.8. The van der Waals surface area contributed by atoms with Crippen molar-refractivity contribution in [1.29, 1.82) is 0 Å². The lowest BCUT2D eigenvalue weighted by Gasteiger charge is -2.16. The summed E-state index contributed by atoms with van der Waals surface area (Å²) in [6.07, 6.45) is 0.137. The first-order valence-corrected chi connectivity index (χ1v) is 9.86. The molecule has 1 aliphatic rings. The molecule has 2 aromatic rings. The molecule has 2 aromatic carbocycles. The van der Waals surface area contributed by atoms with E-state index in [1.807, 2.05) is 24.3 Å². The molecule has 1 fully saturated rings. The fraction of sp³-hybridized carbons (Fsp3) is 0.211. The van der Waals surface area contributed by atoms with Gasteiger partial charge in [-0.15, -0.1) is 0 Å². The van der Waals surface area contributed by atoms with E-state index in [0.717, 1.165) is 10.2 Å². The summed E-state index contributed by atoms with van der Waals surface area (Å²) < 4.78 is 6.10. The van der Waals surface area contributed by atoms with Gasteiger partial charge in [-0.3, -0.25) is 14.6 Å². The number of imide groups is 1. The molecule has 6 nitrogen and oxygen atoms in total. The van der Waals surface area contributed by atoms with Crippen LogP contribution in [0.1, 0.15) is 6.42 Å². The van der Waals surface area contributed by atoms with E-state index in [1.165, 1.54) is 16.7 Å². The Morgan fingerprint density at radius 3 is 2.67 bits per heavy atom. The van der Waals surface area contributed by atoms with Gasteiger partial charge in [0.2, 0.25) is 11.8 Å². The molecule has 1 N–H and O–H groups in total. The Hall–Kier alpha value is -2.32. The van der Waals surface area contributed by atoms with Crippen molar-refractivity contribution >= 4 is 56.0 Å². The van der Waals surface area contributed by atoms with Crippen LogP contribution in [0.4, 0.5) is 11.4 Å². The van der Waals surface area contributed by atoms with E-state index in [2.05, 4.69) is 26.2 Å². The number of carbonyl (C=O) groups excluding carboxylic acids is 2. The number of nitrogens with zero attached hydrogens (tertiary/aromatic N) is 2. The number of halogens is 1. The number of aliphatic imine (C=N–C) groups is 1. The number of methoxy groups -OCH3 is 1. The van der Waals surface area contributed by atoms with Crippen molar-refractivity contribution in [3.8, 4) is 5.75 Å². The zero-order valence-corrected chi connectivity index (χ0v) is 17.2. The van der Waals surface area contributed by atoms with Crippen LogP contribution in [-0.2, 0) is 9.59 Å². The summed E-state index contributed by atoms with van der Waals surface area (Å²) in [5, 5.41) is 3.22. The predicted molar refractivity (Wildman–Crippen MR) is 113 cm³/mol. The first-order chi connectivity index (χ1) is 13.0. The number of amides is 2. The molecule has 0 aromatic heterocycles. The molecule has 0 unspecified atom stereocenters. The Morgan fingerprint density at radius 1 is 1.26 bits per heavy atom. The molecular weight excluding hydrogens is 430 g/mol. The van der Waals surface area contributed by atoms with Crippen LogP contribution in [0.5, 0.6) is 5.75 Å². The summed E-state index contributed by atoms with van der Waals surface area (Å²) in [5.41, 5.74) is 1.37.